The summed E-state index contributed by atoms with van der Waals surface area (Å²) in [6.07, 6.45) is 10.3. The van der Waals surface area contributed by atoms with E-state index in [-0.39, 0.29) is 52.0 Å². The Morgan fingerprint density at radius 1 is 1.16 bits per heavy atom. The molecule has 11 heteroatoms. The number of methoxy groups -OCH3 is 1. The maximum absolute atomic E-state index is 16.7. The number of phenols is 1. The van der Waals surface area contributed by atoms with Gasteiger partial charge in [-0.05, 0) is 61.7 Å². The van der Waals surface area contributed by atoms with Gasteiger partial charge in [0, 0.05) is 50.3 Å². The van der Waals surface area contributed by atoms with E-state index in [0.29, 0.717) is 49.3 Å². The van der Waals surface area contributed by atoms with Crippen molar-refractivity contribution < 1.29 is 27.8 Å². The molecule has 1 unspecified atom stereocenters. The van der Waals surface area contributed by atoms with Crippen molar-refractivity contribution in [1.29, 1.82) is 0 Å². The van der Waals surface area contributed by atoms with Gasteiger partial charge in [-0.15, -0.1) is 6.42 Å². The molecule has 5 heterocycles. The minimum atomic E-state index is -0.922. The van der Waals surface area contributed by atoms with E-state index >= 15 is 4.39 Å². The summed E-state index contributed by atoms with van der Waals surface area (Å²) in [5, 5.41) is 11.6. The predicted molar refractivity (Wildman–Crippen MR) is 165 cm³/mol. The number of fused-ring (bicyclic) bond motifs is 3. The Kier molecular flexibility index (Phi) is 7.66. The fraction of sp³-hybridized carbons (Fsp3) is 0.441. The van der Waals surface area contributed by atoms with Crippen molar-refractivity contribution in [2.45, 2.75) is 43.8 Å². The second-order valence-electron chi connectivity index (χ2n) is 12.4. The number of alkyl halides is 1. The Morgan fingerprint density at radius 2 is 2.02 bits per heavy atom. The van der Waals surface area contributed by atoms with Crippen molar-refractivity contribution in [3.63, 3.8) is 0 Å². The van der Waals surface area contributed by atoms with Crippen LogP contribution >= 0.6 is 0 Å². The van der Waals surface area contributed by atoms with Crippen LogP contribution < -0.4 is 9.64 Å². The molecule has 8 nitrogen and oxygen atoms in total. The zero-order valence-corrected chi connectivity index (χ0v) is 25.0. The molecule has 2 aromatic carbocycles. The van der Waals surface area contributed by atoms with Gasteiger partial charge in [-0.1, -0.05) is 12.0 Å². The fourth-order valence-electron chi connectivity index (χ4n) is 7.54. The number of anilines is 1. The minimum Gasteiger partial charge on any atom is -0.508 e. The highest BCUT2D eigenvalue weighted by Crippen LogP contribution is 2.42. The first-order valence-electron chi connectivity index (χ1n) is 15.3. The molecule has 7 rings (SSSR count). The van der Waals surface area contributed by atoms with E-state index in [1.54, 1.807) is 7.11 Å². The zero-order chi connectivity index (χ0) is 31.3. The molecular weight excluding hydrogens is 583 g/mol. The van der Waals surface area contributed by atoms with E-state index in [0.717, 1.165) is 32.2 Å². The predicted octanol–water partition coefficient (Wildman–Crippen LogP) is 5.63. The van der Waals surface area contributed by atoms with E-state index < -0.39 is 23.3 Å². The summed E-state index contributed by atoms with van der Waals surface area (Å²) in [7, 11) is 1.67. The quantitative estimate of drug-likeness (QED) is 0.268. The summed E-state index contributed by atoms with van der Waals surface area (Å²) in [6.45, 7) is 3.30. The molecule has 45 heavy (non-hydrogen) atoms. The van der Waals surface area contributed by atoms with Gasteiger partial charge in [-0.3, -0.25) is 9.88 Å². The van der Waals surface area contributed by atoms with Crippen LogP contribution in [0, 0.1) is 29.9 Å². The van der Waals surface area contributed by atoms with Gasteiger partial charge in [0.1, 0.15) is 41.4 Å². The lowest BCUT2D eigenvalue weighted by molar-refractivity contribution is 0.107. The molecule has 0 amide bonds. The fourth-order valence-corrected chi connectivity index (χ4v) is 7.54. The summed E-state index contributed by atoms with van der Waals surface area (Å²) < 4.78 is 57.6. The van der Waals surface area contributed by atoms with Crippen molar-refractivity contribution in [1.82, 2.24) is 19.9 Å². The highest BCUT2D eigenvalue weighted by Gasteiger charge is 2.49. The van der Waals surface area contributed by atoms with E-state index in [9.17, 15) is 13.9 Å². The highest BCUT2D eigenvalue weighted by molar-refractivity contribution is 6.03. The van der Waals surface area contributed by atoms with Crippen LogP contribution in [0.4, 0.5) is 19.0 Å². The Bertz CT molecular complexity index is 1830. The number of pyridine rings is 1. The Hall–Kier alpha value is -4.14. The van der Waals surface area contributed by atoms with Crippen molar-refractivity contribution in [3.8, 4) is 35.4 Å². The van der Waals surface area contributed by atoms with Crippen molar-refractivity contribution in [2.75, 3.05) is 51.4 Å². The van der Waals surface area contributed by atoms with Gasteiger partial charge in [0.2, 0.25) is 0 Å². The van der Waals surface area contributed by atoms with Crippen molar-refractivity contribution in [3.05, 3.63) is 47.7 Å². The second-order valence-corrected chi connectivity index (χ2v) is 12.4. The number of nitrogens with zero attached hydrogens (tertiary/aromatic N) is 5. The monoisotopic (exact) mass is 617 g/mol. The summed E-state index contributed by atoms with van der Waals surface area (Å²) in [5.74, 6) is 1.54. The van der Waals surface area contributed by atoms with Crippen LogP contribution in [0.1, 0.15) is 37.7 Å². The molecule has 3 fully saturated rings. The number of benzene rings is 2. The number of halogens is 3. The van der Waals surface area contributed by atoms with Crippen LogP contribution in [0.5, 0.6) is 11.8 Å². The first-order valence-corrected chi connectivity index (χ1v) is 15.3. The third-order valence-corrected chi connectivity index (χ3v) is 9.55. The molecule has 0 aliphatic carbocycles. The van der Waals surface area contributed by atoms with Gasteiger partial charge in [0.15, 0.2) is 5.82 Å². The lowest BCUT2D eigenvalue weighted by Gasteiger charge is -2.34. The van der Waals surface area contributed by atoms with E-state index in [1.807, 2.05) is 0 Å². The number of phenolic OH excluding ortho intramolecular Hbond substituents is 1. The van der Waals surface area contributed by atoms with Gasteiger partial charge in [0.05, 0.1) is 23.1 Å². The molecule has 3 aliphatic heterocycles. The number of terminal acetylenes is 1. The standard InChI is InChI=1S/C34H34F3N5O3/c1-3-24-27(36)8-7-21-12-23(43)13-25(28(21)24)30-29(37)31-26(15-38-30)32(41-10-4-6-20(16-41)18-44-2)40-33(39-31)45-19-34-9-5-11-42(34)17-22(35)14-34/h1,7-8,12-13,15,20,22,43H,4-6,9-11,14,16-19H2,2H3/t20?,22-,34+/m1/s1. The maximum Gasteiger partial charge on any atom is 0.319 e. The third-order valence-electron chi connectivity index (χ3n) is 9.55. The molecule has 2 aromatic heterocycles. The molecule has 4 aromatic rings. The van der Waals surface area contributed by atoms with Crippen LogP contribution in [-0.4, -0.2) is 83.2 Å². The molecule has 234 valence electrons. The molecule has 3 saturated heterocycles. The molecule has 1 N–H and O–H groups in total. The van der Waals surface area contributed by atoms with Crippen LogP contribution in [-0.2, 0) is 4.74 Å². The summed E-state index contributed by atoms with van der Waals surface area (Å²) >= 11 is 0. The number of hydrogen-bond acceptors (Lipinski definition) is 8. The number of rotatable bonds is 7. The first kappa shape index (κ1) is 29.6. The van der Waals surface area contributed by atoms with Gasteiger partial charge in [-0.25, -0.2) is 13.2 Å². The highest BCUT2D eigenvalue weighted by atomic mass is 19.1. The lowest BCUT2D eigenvalue weighted by atomic mass is 9.95. The number of ether oxygens (including phenoxy) is 2. The molecular formula is C34H34F3N5O3. The van der Waals surface area contributed by atoms with Gasteiger partial charge in [0.25, 0.3) is 0 Å². The number of aromatic hydroxyl groups is 1. The van der Waals surface area contributed by atoms with E-state index in [1.165, 1.54) is 30.5 Å². The van der Waals surface area contributed by atoms with Crippen LogP contribution in [0.25, 0.3) is 32.9 Å². The average molecular weight is 618 g/mol. The smallest absolute Gasteiger partial charge is 0.319 e. The average Bonchev–Trinajstić information content (AvgIpc) is 3.56. The molecule has 0 bridgehead atoms. The van der Waals surface area contributed by atoms with Crippen LogP contribution in [0.2, 0.25) is 0 Å². The molecule has 0 spiro atoms. The lowest BCUT2D eigenvalue weighted by Crippen LogP contribution is -2.43. The van der Waals surface area contributed by atoms with Crippen molar-refractivity contribution >= 4 is 27.5 Å². The molecule has 0 radical (unpaired) electrons. The molecule has 3 atom stereocenters. The number of piperidine rings is 1. The summed E-state index contributed by atoms with van der Waals surface area (Å²) in [6, 6.07) is 5.43. The van der Waals surface area contributed by atoms with Gasteiger partial charge in [-0.2, -0.15) is 9.97 Å². The van der Waals surface area contributed by atoms with E-state index in [4.69, 9.17) is 20.9 Å². The third kappa shape index (κ3) is 5.20. The van der Waals surface area contributed by atoms with Gasteiger partial charge >= 0.3 is 6.01 Å². The van der Waals surface area contributed by atoms with Crippen LogP contribution in [0.15, 0.2) is 30.5 Å². The second kappa shape index (κ2) is 11.7. The summed E-state index contributed by atoms with van der Waals surface area (Å²) in [5.41, 5.74) is -0.534. The topological polar surface area (TPSA) is 83.8 Å². The number of aromatic nitrogens is 3. The number of hydrogen-bond donors (Lipinski definition) is 1. The maximum atomic E-state index is 16.7. The Balaban J connectivity index is 1.37. The zero-order valence-electron chi connectivity index (χ0n) is 25.0. The Morgan fingerprint density at radius 3 is 2.84 bits per heavy atom. The summed E-state index contributed by atoms with van der Waals surface area (Å²) in [4.78, 5) is 18.0. The van der Waals surface area contributed by atoms with E-state index in [2.05, 4.69) is 25.7 Å². The first-order chi connectivity index (χ1) is 21.8. The van der Waals surface area contributed by atoms with Gasteiger partial charge < -0.3 is 19.5 Å². The van der Waals surface area contributed by atoms with Crippen LogP contribution in [0.3, 0.4) is 0 Å². The normalized spacial score (nSPS) is 23.5. The Labute approximate surface area is 259 Å². The SMILES string of the molecule is C#Cc1c(F)ccc2cc(O)cc(-c3ncc4c(N5CCCC(COC)C5)nc(OC[C@@]56CCCN5C[C@H](F)C6)nc4c3F)c12. The van der Waals surface area contributed by atoms with Crippen molar-refractivity contribution in [2.24, 2.45) is 5.92 Å². The minimum absolute atomic E-state index is 0.0120. The molecule has 3 aliphatic rings. The largest absolute Gasteiger partial charge is 0.508 e. The molecule has 0 saturated carbocycles.